The summed E-state index contributed by atoms with van der Waals surface area (Å²) in [5.74, 6) is -1.91. The highest BCUT2D eigenvalue weighted by Gasteiger charge is 2.54. The lowest BCUT2D eigenvalue weighted by Crippen LogP contribution is -2.52. The zero-order chi connectivity index (χ0) is 56.8. The smallest absolute Gasteiger partial charge is 0.141 e. The normalized spacial score (nSPS) is 45.8. The van der Waals surface area contributed by atoms with Gasteiger partial charge in [0.1, 0.15) is 23.1 Å². The van der Waals surface area contributed by atoms with Gasteiger partial charge >= 0.3 is 0 Å². The first kappa shape index (κ1) is 64.0. The van der Waals surface area contributed by atoms with Gasteiger partial charge in [-0.05, 0) is 126 Å². The Balaban J connectivity index is 0.000000187. The summed E-state index contributed by atoms with van der Waals surface area (Å²) in [6.07, 6.45) is 19.4. The fourth-order valence-corrected chi connectivity index (χ4v) is 15.1. The van der Waals surface area contributed by atoms with Gasteiger partial charge in [-0.3, -0.25) is 19.2 Å². The van der Waals surface area contributed by atoms with Crippen molar-refractivity contribution in [2.75, 3.05) is 26.4 Å². The molecule has 0 aliphatic heterocycles. The molecule has 0 bridgehead atoms. The molecule has 0 unspecified atom stereocenters. The SMILES string of the molecule is C[C@H]1CC[C@H]2[C@@H](C=C[C@@](C)(O)[C@@H]2C(=O)CCO)[C@@H]1O.C[C@H]1CC[C@H]2[C@@H](C=C[C@@](C)(O)[C@@H]2C(=O)CCO)[C@@H]1O.C[C@H]1CC[C@H]2[C@@H](C=C[C@@](C)(O)[C@@H]2C(=O)CCO)[C@@H]1O.C[C@H]1CC[C@H]2[C@@H](C=C[C@@](C)(O)[C@@H]2C(=O)CCO)[C@@H]1O. The Kier molecular flexibility index (Phi) is 22.4. The Bertz CT molecular complexity index is 1790. The number of hydrogen-bond acceptors (Lipinski definition) is 16. The molecule has 8 aliphatic carbocycles. The minimum absolute atomic E-state index is 0.0229. The van der Waals surface area contributed by atoms with Crippen LogP contribution in [0.15, 0.2) is 48.6 Å². The van der Waals surface area contributed by atoms with Crippen LogP contribution in [0.4, 0.5) is 0 Å². The molecule has 8 rings (SSSR count). The van der Waals surface area contributed by atoms with Gasteiger partial charge in [0.15, 0.2) is 0 Å². The lowest BCUT2D eigenvalue weighted by atomic mass is 9.59. The van der Waals surface area contributed by atoms with Crippen molar-refractivity contribution < 1.29 is 80.5 Å². The number of fused-ring (bicyclic) bond motifs is 4. The van der Waals surface area contributed by atoms with Crippen LogP contribution in [0.2, 0.25) is 0 Å². The second-order valence-corrected chi connectivity index (χ2v) is 25.2. The molecule has 16 nitrogen and oxygen atoms in total. The van der Waals surface area contributed by atoms with Crippen molar-refractivity contribution in [1.82, 2.24) is 0 Å². The van der Waals surface area contributed by atoms with Crippen LogP contribution in [0.1, 0.15) is 132 Å². The number of ketones is 4. The fourth-order valence-electron chi connectivity index (χ4n) is 15.1. The molecule has 12 N–H and O–H groups in total. The quantitative estimate of drug-likeness (QED) is 0.124. The van der Waals surface area contributed by atoms with Crippen molar-refractivity contribution in [2.45, 2.75) is 179 Å². The van der Waals surface area contributed by atoms with E-state index >= 15 is 0 Å². The Morgan fingerprint density at radius 3 is 0.684 bits per heavy atom. The van der Waals surface area contributed by atoms with Crippen LogP contribution in [-0.4, -0.2) is 158 Å². The van der Waals surface area contributed by atoms with E-state index in [-0.39, 0.29) is 146 Å². The van der Waals surface area contributed by atoms with E-state index in [1.165, 1.54) is 0 Å². The van der Waals surface area contributed by atoms with Crippen molar-refractivity contribution in [3.8, 4) is 0 Å². The van der Waals surface area contributed by atoms with Crippen molar-refractivity contribution in [1.29, 1.82) is 0 Å². The first-order chi connectivity index (χ1) is 35.5. The van der Waals surface area contributed by atoms with E-state index in [0.717, 1.165) is 51.4 Å². The predicted molar refractivity (Wildman–Crippen MR) is 285 cm³/mol. The summed E-state index contributed by atoms with van der Waals surface area (Å²) in [4.78, 5) is 48.9. The molecule has 8 aliphatic rings. The molecule has 0 heterocycles. The van der Waals surface area contributed by atoms with Gasteiger partial charge in [0.2, 0.25) is 0 Å². The maximum absolute atomic E-state index is 12.2. The summed E-state index contributed by atoms with van der Waals surface area (Å²) < 4.78 is 0. The molecule has 432 valence electrons. The lowest BCUT2D eigenvalue weighted by Gasteiger charge is -2.48. The van der Waals surface area contributed by atoms with Crippen molar-refractivity contribution in [3.63, 3.8) is 0 Å². The zero-order valence-electron chi connectivity index (χ0n) is 46.5. The second kappa shape index (κ2) is 26.6. The summed E-state index contributed by atoms with van der Waals surface area (Å²) in [5, 5.41) is 119. The summed E-state index contributed by atoms with van der Waals surface area (Å²) in [5.41, 5.74) is -4.69. The van der Waals surface area contributed by atoms with Crippen LogP contribution >= 0.6 is 0 Å². The van der Waals surface area contributed by atoms with Crippen LogP contribution in [0.25, 0.3) is 0 Å². The number of carbonyl (C=O) groups is 4. The minimum Gasteiger partial charge on any atom is -0.396 e. The van der Waals surface area contributed by atoms with Gasteiger partial charge in [0.05, 0.1) is 70.5 Å². The third-order valence-electron chi connectivity index (χ3n) is 19.4. The standard InChI is InChI=1S/4C15H24O4/c4*1-9-3-4-10-11(14(9)18)5-7-15(2,19)13(10)12(17)6-8-16/h4*5,7,9-11,13-14,16,18-19H,3-4,6,8H2,1-2H3/t4*9-,10-,11+,13-,14+,15+/m0000/s1. The number of carbonyl (C=O) groups excluding carboxylic acids is 4. The van der Waals surface area contributed by atoms with Crippen molar-refractivity contribution in [2.24, 2.45) is 94.7 Å². The molecule has 24 atom stereocenters. The molecule has 76 heavy (non-hydrogen) atoms. The molecular formula is C60H96O16. The van der Waals surface area contributed by atoms with Gasteiger partial charge in [-0.1, -0.05) is 76.3 Å². The molecule has 0 aromatic rings. The summed E-state index contributed by atoms with van der Waals surface area (Å²) in [7, 11) is 0. The molecule has 0 amide bonds. The Morgan fingerprint density at radius 2 is 0.526 bits per heavy atom. The fraction of sp³-hybridized carbons (Fsp3) is 0.800. The Labute approximate surface area is 451 Å². The first-order valence-corrected chi connectivity index (χ1v) is 28.5. The Morgan fingerprint density at radius 1 is 0.355 bits per heavy atom. The second-order valence-electron chi connectivity index (χ2n) is 25.2. The van der Waals surface area contributed by atoms with Gasteiger partial charge in [-0.15, -0.1) is 0 Å². The lowest BCUT2D eigenvalue weighted by molar-refractivity contribution is -0.140. The van der Waals surface area contributed by atoms with E-state index in [1.807, 2.05) is 52.0 Å². The van der Waals surface area contributed by atoms with Gasteiger partial charge in [-0.2, -0.15) is 0 Å². The summed E-state index contributed by atoms with van der Waals surface area (Å²) >= 11 is 0. The molecule has 16 heteroatoms. The van der Waals surface area contributed by atoms with Crippen LogP contribution in [0.5, 0.6) is 0 Å². The van der Waals surface area contributed by atoms with Gasteiger partial charge in [0.25, 0.3) is 0 Å². The number of aliphatic hydroxyl groups is 12. The van der Waals surface area contributed by atoms with Gasteiger partial charge in [-0.25, -0.2) is 0 Å². The van der Waals surface area contributed by atoms with E-state index in [2.05, 4.69) is 0 Å². The monoisotopic (exact) mass is 1070 g/mol. The molecular weight excluding hydrogens is 977 g/mol. The zero-order valence-corrected chi connectivity index (χ0v) is 46.5. The molecule has 0 spiro atoms. The van der Waals surface area contributed by atoms with Crippen LogP contribution in [0, 0.1) is 94.7 Å². The van der Waals surface area contributed by atoms with E-state index in [0.29, 0.717) is 0 Å². The highest BCUT2D eigenvalue weighted by molar-refractivity contribution is 5.85. The molecule has 4 saturated carbocycles. The molecule has 0 saturated heterocycles. The largest absolute Gasteiger partial charge is 0.396 e. The average molecular weight is 1070 g/mol. The summed E-state index contributed by atoms with van der Waals surface area (Å²) in [6.45, 7) is 13.9. The van der Waals surface area contributed by atoms with E-state index in [1.54, 1.807) is 52.0 Å². The van der Waals surface area contributed by atoms with Gasteiger partial charge in [0, 0.05) is 75.8 Å². The predicted octanol–water partition coefficient (Wildman–Crippen LogP) is 3.59. The maximum atomic E-state index is 12.2. The van der Waals surface area contributed by atoms with E-state index in [4.69, 9.17) is 20.4 Å². The molecule has 4 fully saturated rings. The number of Topliss-reactive ketones (excluding diaryl/α,β-unsaturated/α-hetero) is 4. The van der Waals surface area contributed by atoms with Crippen molar-refractivity contribution in [3.05, 3.63) is 48.6 Å². The molecule has 0 aromatic carbocycles. The summed E-state index contributed by atoms with van der Waals surface area (Å²) in [6, 6.07) is 0. The van der Waals surface area contributed by atoms with Crippen LogP contribution < -0.4 is 0 Å². The van der Waals surface area contributed by atoms with E-state index in [9.17, 15) is 60.0 Å². The van der Waals surface area contributed by atoms with E-state index < -0.39 is 70.5 Å². The molecule has 0 radical (unpaired) electrons. The third kappa shape index (κ3) is 14.2. The van der Waals surface area contributed by atoms with Crippen LogP contribution in [-0.2, 0) is 19.2 Å². The highest BCUT2D eigenvalue weighted by atomic mass is 16.3. The number of aliphatic hydroxyl groups excluding tert-OH is 8. The average Bonchev–Trinajstić information content (AvgIpc) is 3.33. The topological polar surface area (TPSA) is 311 Å². The first-order valence-electron chi connectivity index (χ1n) is 28.5. The third-order valence-corrected chi connectivity index (χ3v) is 19.4. The maximum Gasteiger partial charge on any atom is 0.141 e. The van der Waals surface area contributed by atoms with Crippen molar-refractivity contribution >= 4 is 23.1 Å². The highest BCUT2D eigenvalue weighted by Crippen LogP contribution is 2.51. The number of hydrogen-bond donors (Lipinski definition) is 12. The number of rotatable bonds is 12. The Hall–Kier alpha value is -2.84. The molecule has 0 aromatic heterocycles. The van der Waals surface area contributed by atoms with Gasteiger partial charge < -0.3 is 61.3 Å². The minimum atomic E-state index is -1.17. The van der Waals surface area contributed by atoms with Crippen LogP contribution in [0.3, 0.4) is 0 Å².